The summed E-state index contributed by atoms with van der Waals surface area (Å²) in [4.78, 5) is 18.2. The predicted molar refractivity (Wildman–Crippen MR) is 165 cm³/mol. The minimum atomic E-state index is -0.896. The van der Waals surface area contributed by atoms with Gasteiger partial charge in [0, 0.05) is 43.1 Å². The van der Waals surface area contributed by atoms with Crippen LogP contribution in [0.1, 0.15) is 38.2 Å². The number of ether oxygens (including phenoxy) is 3. The van der Waals surface area contributed by atoms with Gasteiger partial charge < -0.3 is 24.8 Å². The normalized spacial score (nSPS) is 24.8. The van der Waals surface area contributed by atoms with Gasteiger partial charge in [-0.05, 0) is 56.0 Å². The van der Waals surface area contributed by atoms with Crippen molar-refractivity contribution < 1.29 is 27.4 Å². The molecule has 236 valence electrons. The summed E-state index contributed by atoms with van der Waals surface area (Å²) in [5.41, 5.74) is 7.62. The third kappa shape index (κ3) is 4.63. The number of nitrogen functional groups attached to an aromatic ring is 1. The summed E-state index contributed by atoms with van der Waals surface area (Å²) in [5.74, 6) is -0.478. The van der Waals surface area contributed by atoms with E-state index in [1.54, 1.807) is 0 Å². The lowest BCUT2D eigenvalue weighted by molar-refractivity contribution is 0.111. The standard InChI is InChI=1S/C33H35F3N6O3/c1-2-20-22(35)4-5-23-27(20)21(12-25(37)38-23)30-29(36)31-28-24(42-9-11-43-10-6-19(42)16-44-32(28)40-30)13-26(39-31)45-17-33-7-3-8-41(33)15-18(34)14-33/h4-5,12-13,18-19H,2-3,6-11,14-17H2,1H3,(H2,37,38)/t18?,19-,33-/m0/s1. The maximum atomic E-state index is 17.0. The SMILES string of the molecule is CCc1c(F)ccc2nc(N)cc(-c3nc4c5c(cc(OC[C@@]67CCCN6CC(F)C7)nc5c3F)N3CCOCC[C@H]3CO4)c12. The second-order valence-electron chi connectivity index (χ2n) is 12.6. The number of hydrogen-bond acceptors (Lipinski definition) is 9. The molecule has 0 bridgehead atoms. The number of fused-ring (bicyclic) bond motifs is 4. The number of halogens is 3. The van der Waals surface area contributed by atoms with Crippen molar-refractivity contribution >= 4 is 33.3 Å². The zero-order chi connectivity index (χ0) is 30.9. The number of nitrogens with zero attached hydrogens (tertiary/aromatic N) is 5. The Morgan fingerprint density at radius 1 is 1.11 bits per heavy atom. The van der Waals surface area contributed by atoms with Gasteiger partial charge in [0.25, 0.3) is 0 Å². The minimum absolute atomic E-state index is 0.0295. The topological polar surface area (TPSA) is 98.9 Å². The number of rotatable bonds is 5. The van der Waals surface area contributed by atoms with Crippen molar-refractivity contribution in [2.45, 2.75) is 56.8 Å². The molecular formula is C33H35F3N6O3. The molecule has 12 heteroatoms. The summed E-state index contributed by atoms with van der Waals surface area (Å²) in [6.07, 6.45) is 2.41. The monoisotopic (exact) mass is 620 g/mol. The molecule has 4 aliphatic rings. The van der Waals surface area contributed by atoms with Gasteiger partial charge in [0.2, 0.25) is 11.8 Å². The van der Waals surface area contributed by atoms with E-state index in [1.807, 2.05) is 13.0 Å². The highest BCUT2D eigenvalue weighted by Crippen LogP contribution is 2.45. The molecule has 4 aromatic rings. The van der Waals surface area contributed by atoms with Crippen LogP contribution in [0.15, 0.2) is 24.3 Å². The summed E-state index contributed by atoms with van der Waals surface area (Å²) >= 11 is 0. The van der Waals surface area contributed by atoms with Gasteiger partial charge in [-0.2, -0.15) is 0 Å². The third-order valence-electron chi connectivity index (χ3n) is 9.96. The van der Waals surface area contributed by atoms with Crippen molar-refractivity contribution in [2.24, 2.45) is 0 Å². The molecular weight excluding hydrogens is 585 g/mol. The Morgan fingerprint density at radius 3 is 2.87 bits per heavy atom. The van der Waals surface area contributed by atoms with E-state index in [0.29, 0.717) is 85.3 Å². The van der Waals surface area contributed by atoms with Crippen LogP contribution in [0.25, 0.3) is 33.1 Å². The second kappa shape index (κ2) is 10.9. The summed E-state index contributed by atoms with van der Waals surface area (Å²) < 4.78 is 65.0. The molecule has 1 aromatic carbocycles. The molecule has 3 aromatic heterocycles. The molecule has 0 amide bonds. The Bertz CT molecular complexity index is 1820. The second-order valence-corrected chi connectivity index (χ2v) is 12.6. The molecule has 0 aliphatic carbocycles. The fourth-order valence-electron chi connectivity index (χ4n) is 7.85. The molecule has 3 saturated heterocycles. The molecule has 3 fully saturated rings. The Morgan fingerprint density at radius 2 is 2.00 bits per heavy atom. The van der Waals surface area contributed by atoms with Crippen LogP contribution in [0.2, 0.25) is 0 Å². The summed E-state index contributed by atoms with van der Waals surface area (Å²) in [5, 5.41) is 0.881. The number of hydrogen-bond donors (Lipinski definition) is 1. The Labute approximate surface area is 258 Å². The van der Waals surface area contributed by atoms with Crippen molar-refractivity contribution in [3.63, 3.8) is 0 Å². The highest BCUT2D eigenvalue weighted by Gasteiger charge is 2.49. The lowest BCUT2D eigenvalue weighted by atomic mass is 9.95. The number of pyridine rings is 3. The number of aryl methyl sites for hydroxylation is 1. The van der Waals surface area contributed by atoms with Crippen LogP contribution in [0.5, 0.6) is 11.8 Å². The predicted octanol–water partition coefficient (Wildman–Crippen LogP) is 5.21. The van der Waals surface area contributed by atoms with Crippen LogP contribution in [-0.2, 0) is 11.2 Å². The summed E-state index contributed by atoms with van der Waals surface area (Å²) in [6, 6.07) is 6.18. The van der Waals surface area contributed by atoms with Gasteiger partial charge in [-0.25, -0.2) is 28.1 Å². The molecule has 7 heterocycles. The number of benzene rings is 1. The van der Waals surface area contributed by atoms with E-state index in [-0.39, 0.29) is 41.4 Å². The highest BCUT2D eigenvalue weighted by molar-refractivity contribution is 6.03. The van der Waals surface area contributed by atoms with Crippen LogP contribution < -0.4 is 20.1 Å². The third-order valence-corrected chi connectivity index (χ3v) is 9.96. The minimum Gasteiger partial charge on any atom is -0.476 e. The maximum absolute atomic E-state index is 17.0. The molecule has 4 aliphatic heterocycles. The van der Waals surface area contributed by atoms with Crippen LogP contribution in [0.3, 0.4) is 0 Å². The van der Waals surface area contributed by atoms with Gasteiger partial charge in [-0.15, -0.1) is 0 Å². The lowest BCUT2D eigenvalue weighted by Crippen LogP contribution is -2.43. The van der Waals surface area contributed by atoms with Crippen molar-refractivity contribution in [1.82, 2.24) is 19.9 Å². The molecule has 0 radical (unpaired) electrons. The summed E-state index contributed by atoms with van der Waals surface area (Å²) in [6.45, 7) is 5.29. The molecule has 0 spiro atoms. The first-order valence-corrected chi connectivity index (χ1v) is 15.8. The van der Waals surface area contributed by atoms with E-state index in [2.05, 4.69) is 14.8 Å². The van der Waals surface area contributed by atoms with Crippen LogP contribution >= 0.6 is 0 Å². The van der Waals surface area contributed by atoms with Gasteiger partial charge in [0.1, 0.15) is 42.2 Å². The molecule has 0 saturated carbocycles. The quantitative estimate of drug-likeness (QED) is 0.322. The van der Waals surface area contributed by atoms with Crippen molar-refractivity contribution in [3.8, 4) is 23.0 Å². The molecule has 8 rings (SSSR count). The molecule has 45 heavy (non-hydrogen) atoms. The Hall–Kier alpha value is -3.90. The molecule has 1 unspecified atom stereocenters. The van der Waals surface area contributed by atoms with Gasteiger partial charge in [0.05, 0.1) is 34.8 Å². The molecule has 3 atom stereocenters. The Balaban J connectivity index is 1.33. The Kier molecular flexibility index (Phi) is 6.90. The van der Waals surface area contributed by atoms with Crippen molar-refractivity contribution in [3.05, 3.63) is 41.5 Å². The average molecular weight is 621 g/mol. The van der Waals surface area contributed by atoms with Gasteiger partial charge in [-0.1, -0.05) is 6.92 Å². The maximum Gasteiger partial charge on any atom is 0.225 e. The van der Waals surface area contributed by atoms with Gasteiger partial charge >= 0.3 is 0 Å². The molecule has 9 nitrogen and oxygen atoms in total. The van der Waals surface area contributed by atoms with Crippen molar-refractivity contribution in [2.75, 3.05) is 56.7 Å². The van der Waals surface area contributed by atoms with Gasteiger partial charge in [-0.3, -0.25) is 4.90 Å². The first-order valence-electron chi connectivity index (χ1n) is 15.8. The average Bonchev–Trinajstić information content (AvgIpc) is 3.38. The smallest absolute Gasteiger partial charge is 0.225 e. The first kappa shape index (κ1) is 28.6. The van der Waals surface area contributed by atoms with Crippen molar-refractivity contribution in [1.29, 1.82) is 0 Å². The van der Waals surface area contributed by atoms with Gasteiger partial charge in [0.15, 0.2) is 5.82 Å². The number of anilines is 2. The van der Waals surface area contributed by atoms with E-state index in [0.717, 1.165) is 19.4 Å². The summed E-state index contributed by atoms with van der Waals surface area (Å²) in [7, 11) is 0. The molecule has 2 N–H and O–H groups in total. The zero-order valence-electron chi connectivity index (χ0n) is 25.1. The van der Waals surface area contributed by atoms with E-state index in [1.165, 1.54) is 18.2 Å². The number of nitrogens with two attached hydrogens (primary N) is 1. The highest BCUT2D eigenvalue weighted by atomic mass is 19.1. The first-order chi connectivity index (χ1) is 21.8. The van der Waals surface area contributed by atoms with Crippen LogP contribution in [-0.4, -0.2) is 83.7 Å². The van der Waals surface area contributed by atoms with E-state index >= 15 is 8.78 Å². The van der Waals surface area contributed by atoms with Crippen LogP contribution in [0.4, 0.5) is 24.7 Å². The zero-order valence-corrected chi connectivity index (χ0v) is 25.1. The van der Waals surface area contributed by atoms with E-state index < -0.39 is 23.3 Å². The fourth-order valence-corrected chi connectivity index (χ4v) is 7.85. The van der Waals surface area contributed by atoms with E-state index in [4.69, 9.17) is 29.9 Å². The number of aromatic nitrogens is 3. The number of alkyl halides is 1. The lowest BCUT2D eigenvalue weighted by Gasteiger charge is -2.32. The van der Waals surface area contributed by atoms with E-state index in [9.17, 15) is 4.39 Å². The fraction of sp³-hybridized carbons (Fsp3) is 0.485. The van der Waals surface area contributed by atoms with Crippen LogP contribution in [0, 0.1) is 11.6 Å². The largest absolute Gasteiger partial charge is 0.476 e.